The van der Waals surface area contributed by atoms with Crippen molar-refractivity contribution < 1.29 is 24.0 Å². The molecule has 1 aromatic heterocycles. The molecule has 3 amide bonds. The van der Waals surface area contributed by atoms with Crippen LogP contribution in [0, 0.1) is 13.8 Å². The van der Waals surface area contributed by atoms with Crippen molar-refractivity contribution in [1.82, 2.24) is 20.7 Å². The van der Waals surface area contributed by atoms with E-state index in [2.05, 4.69) is 15.8 Å². The summed E-state index contributed by atoms with van der Waals surface area (Å²) < 4.78 is 4.51. The number of aryl methyl sites for hydroxylation is 2. The van der Waals surface area contributed by atoms with Gasteiger partial charge < -0.3 is 25.2 Å². The summed E-state index contributed by atoms with van der Waals surface area (Å²) in [6.45, 7) is 7.24. The molecule has 3 aromatic rings. The van der Waals surface area contributed by atoms with Crippen LogP contribution in [0.4, 0.5) is 0 Å². The Morgan fingerprint density at radius 2 is 1.82 bits per heavy atom. The van der Waals surface area contributed by atoms with Gasteiger partial charge >= 0.3 is 0 Å². The quantitative estimate of drug-likeness (QED) is 0.351. The van der Waals surface area contributed by atoms with Crippen LogP contribution in [0.25, 0.3) is 0 Å². The summed E-state index contributed by atoms with van der Waals surface area (Å²) in [7, 11) is 0. The first-order valence-corrected chi connectivity index (χ1v) is 14.3. The number of amides is 3. The third kappa shape index (κ3) is 6.51. The number of benzene rings is 2. The zero-order valence-electron chi connectivity index (χ0n) is 22.8. The van der Waals surface area contributed by atoms with Crippen LogP contribution in [0.2, 0.25) is 5.02 Å². The first-order valence-electron chi connectivity index (χ1n) is 12.9. The second kappa shape index (κ2) is 12.4. The van der Waals surface area contributed by atoms with Crippen molar-refractivity contribution in [2.24, 2.45) is 0 Å². The van der Waals surface area contributed by atoms with E-state index in [-0.39, 0.29) is 30.3 Å². The molecular formula is C29H33ClN4O5S. The topological polar surface area (TPSA) is 125 Å². The lowest BCUT2D eigenvalue weighted by molar-refractivity contribution is -0.147. The zero-order chi connectivity index (χ0) is 29.0. The second-order valence-electron chi connectivity index (χ2n) is 10.3. The first kappa shape index (κ1) is 29.6. The smallest absolute Gasteiger partial charge is 0.257 e. The van der Waals surface area contributed by atoms with Crippen LogP contribution in [0.1, 0.15) is 46.8 Å². The Kier molecular flexibility index (Phi) is 9.22. The molecule has 0 bridgehead atoms. The molecule has 40 heavy (non-hydrogen) atoms. The highest BCUT2D eigenvalue weighted by molar-refractivity contribution is 8.00. The molecule has 212 valence electrons. The fraction of sp³-hybridized carbons (Fsp3) is 0.379. The summed E-state index contributed by atoms with van der Waals surface area (Å²) in [5, 5.41) is 21.5. The molecule has 2 aromatic carbocycles. The van der Waals surface area contributed by atoms with Crippen molar-refractivity contribution in [2.75, 3.05) is 5.88 Å². The van der Waals surface area contributed by atoms with Crippen LogP contribution in [0.5, 0.6) is 0 Å². The van der Waals surface area contributed by atoms with Crippen molar-refractivity contribution in [2.45, 2.75) is 63.6 Å². The molecule has 0 radical (unpaired) electrons. The molecule has 1 aliphatic heterocycles. The molecule has 1 unspecified atom stereocenters. The number of nitrogens with zero attached hydrogens (tertiary/aromatic N) is 2. The molecule has 1 fully saturated rings. The Morgan fingerprint density at radius 3 is 2.48 bits per heavy atom. The molecule has 1 aliphatic rings. The molecular weight excluding hydrogens is 552 g/mol. The van der Waals surface area contributed by atoms with Crippen LogP contribution < -0.4 is 10.6 Å². The van der Waals surface area contributed by atoms with Gasteiger partial charge in [0.2, 0.25) is 5.91 Å². The lowest BCUT2D eigenvalue weighted by atomic mass is 9.96. The number of rotatable bonds is 9. The fourth-order valence-electron chi connectivity index (χ4n) is 4.83. The molecule has 11 heteroatoms. The Morgan fingerprint density at radius 1 is 1.15 bits per heavy atom. The van der Waals surface area contributed by atoms with Crippen molar-refractivity contribution >= 4 is 41.1 Å². The zero-order valence-corrected chi connectivity index (χ0v) is 24.4. The molecule has 2 heterocycles. The Labute approximate surface area is 242 Å². The molecule has 0 spiro atoms. The van der Waals surface area contributed by atoms with Crippen molar-refractivity contribution in [3.05, 3.63) is 87.8 Å². The van der Waals surface area contributed by atoms with Crippen molar-refractivity contribution in [3.8, 4) is 0 Å². The second-order valence-corrected chi connectivity index (χ2v) is 12.3. The van der Waals surface area contributed by atoms with E-state index in [1.54, 1.807) is 19.9 Å². The van der Waals surface area contributed by atoms with Gasteiger partial charge in [-0.2, -0.15) is 0 Å². The fourth-order valence-corrected chi connectivity index (χ4v) is 6.18. The number of thioether (sulfide) groups is 1. The van der Waals surface area contributed by atoms with E-state index in [1.165, 1.54) is 16.7 Å². The highest BCUT2D eigenvalue weighted by Gasteiger charge is 2.49. The summed E-state index contributed by atoms with van der Waals surface area (Å²) in [5.41, 5.74) is 2.24. The van der Waals surface area contributed by atoms with Crippen molar-refractivity contribution in [1.29, 1.82) is 0 Å². The van der Waals surface area contributed by atoms with Gasteiger partial charge in [0, 0.05) is 16.3 Å². The van der Waals surface area contributed by atoms with E-state index in [0.29, 0.717) is 16.5 Å². The predicted molar refractivity (Wildman–Crippen MR) is 154 cm³/mol. The molecule has 3 N–H and O–H groups in total. The lowest BCUT2D eigenvalue weighted by Gasteiger charge is -2.33. The average Bonchev–Trinajstić information content (AvgIpc) is 3.44. The van der Waals surface area contributed by atoms with Crippen LogP contribution in [-0.2, 0) is 22.6 Å². The summed E-state index contributed by atoms with van der Waals surface area (Å²) >= 11 is 7.69. The maximum absolute atomic E-state index is 13.8. The largest absolute Gasteiger partial charge is 0.381 e. The number of aromatic nitrogens is 1. The SMILES string of the molecule is Cc1noc(C)c1C(=O)NC(Cc1ccccc1)[C@H](O)C(=O)N1CSC(C)(C)[C@H]1C(=O)NCc1ccccc1Cl. The first-order chi connectivity index (χ1) is 19.0. The van der Waals surface area contributed by atoms with E-state index < -0.39 is 34.7 Å². The molecule has 0 aliphatic carbocycles. The van der Waals surface area contributed by atoms with Gasteiger partial charge in [-0.05, 0) is 51.3 Å². The minimum atomic E-state index is -1.61. The highest BCUT2D eigenvalue weighted by Crippen LogP contribution is 2.40. The lowest BCUT2D eigenvalue weighted by Crippen LogP contribution is -2.58. The number of carbonyl (C=O) groups is 3. The minimum Gasteiger partial charge on any atom is -0.381 e. The van der Waals surface area contributed by atoms with E-state index >= 15 is 0 Å². The number of aliphatic hydroxyl groups excluding tert-OH is 1. The molecule has 9 nitrogen and oxygen atoms in total. The van der Waals surface area contributed by atoms with Crippen LogP contribution in [0.3, 0.4) is 0 Å². The van der Waals surface area contributed by atoms with Gasteiger partial charge in [-0.15, -0.1) is 11.8 Å². The maximum atomic E-state index is 13.8. The Hall–Kier alpha value is -3.34. The number of aliphatic hydroxyl groups is 1. The Bertz CT molecular complexity index is 1360. The number of hydrogen-bond acceptors (Lipinski definition) is 7. The molecule has 1 saturated heterocycles. The van der Waals surface area contributed by atoms with Gasteiger partial charge in [0.05, 0.1) is 17.6 Å². The maximum Gasteiger partial charge on any atom is 0.257 e. The molecule has 0 saturated carbocycles. The third-order valence-corrected chi connectivity index (χ3v) is 8.74. The normalized spacial score (nSPS) is 17.8. The number of nitrogens with one attached hydrogen (secondary N) is 2. The van der Waals surface area contributed by atoms with Crippen LogP contribution >= 0.6 is 23.4 Å². The van der Waals surface area contributed by atoms with Gasteiger partial charge in [0.15, 0.2) is 6.10 Å². The van der Waals surface area contributed by atoms with E-state index in [0.717, 1.165) is 11.1 Å². The van der Waals surface area contributed by atoms with Gasteiger partial charge in [0.25, 0.3) is 11.8 Å². The summed E-state index contributed by atoms with van der Waals surface area (Å²) in [6.07, 6.45) is -1.42. The summed E-state index contributed by atoms with van der Waals surface area (Å²) in [5.74, 6) is -0.953. The third-order valence-electron chi connectivity index (χ3n) is 7.00. The highest BCUT2D eigenvalue weighted by atomic mass is 35.5. The van der Waals surface area contributed by atoms with E-state index in [9.17, 15) is 19.5 Å². The molecule has 3 atom stereocenters. The average molecular weight is 585 g/mol. The summed E-state index contributed by atoms with van der Waals surface area (Å²) in [6, 6.07) is 14.6. The molecule has 4 rings (SSSR count). The van der Waals surface area contributed by atoms with Crippen molar-refractivity contribution in [3.63, 3.8) is 0 Å². The standard InChI is InChI=1S/C29H33ClN4O5S/c1-17-23(18(2)39-33-17)26(36)32-22(14-19-10-6-5-7-11-19)24(35)28(38)34-16-40-29(3,4)25(34)27(37)31-15-20-12-8-9-13-21(20)30/h5-13,22,24-25,35H,14-16H2,1-4H3,(H,31,37)(H,32,36)/t22?,24-,25+/m0/s1. The number of halogens is 1. The number of carbonyl (C=O) groups excluding carboxylic acids is 3. The van der Waals surface area contributed by atoms with Gasteiger partial charge in [-0.3, -0.25) is 14.4 Å². The minimum absolute atomic E-state index is 0.191. The number of hydrogen-bond donors (Lipinski definition) is 3. The van der Waals surface area contributed by atoms with Gasteiger partial charge in [-0.1, -0.05) is 65.3 Å². The van der Waals surface area contributed by atoms with Gasteiger partial charge in [-0.25, -0.2) is 0 Å². The van der Waals surface area contributed by atoms with Gasteiger partial charge in [0.1, 0.15) is 17.4 Å². The van der Waals surface area contributed by atoms with E-state index in [1.807, 2.05) is 62.4 Å². The van der Waals surface area contributed by atoms with E-state index in [4.69, 9.17) is 16.1 Å². The van der Waals surface area contributed by atoms with Crippen LogP contribution in [0.15, 0.2) is 59.1 Å². The Balaban J connectivity index is 1.55. The monoisotopic (exact) mass is 584 g/mol. The van der Waals surface area contributed by atoms with Crippen LogP contribution in [-0.4, -0.2) is 61.7 Å². The predicted octanol–water partition coefficient (Wildman–Crippen LogP) is 3.64. The summed E-state index contributed by atoms with van der Waals surface area (Å²) in [4.78, 5) is 41.8.